The smallest absolute Gasteiger partial charge is 0.223 e. The maximum Gasteiger partial charge on any atom is 0.223 e. The van der Waals surface area contributed by atoms with Crippen molar-refractivity contribution < 1.29 is 4.79 Å². The van der Waals surface area contributed by atoms with Crippen LogP contribution < -0.4 is 5.32 Å². The summed E-state index contributed by atoms with van der Waals surface area (Å²) in [5.41, 5.74) is 3.35. The van der Waals surface area contributed by atoms with Crippen LogP contribution in [0.15, 0.2) is 48.8 Å². The molecule has 0 spiro atoms. The van der Waals surface area contributed by atoms with Crippen LogP contribution in [0.5, 0.6) is 0 Å². The number of hydrogen-bond acceptors (Lipinski definition) is 3. The molecule has 1 N–H and O–H groups in total. The van der Waals surface area contributed by atoms with Gasteiger partial charge in [0.2, 0.25) is 5.91 Å². The van der Waals surface area contributed by atoms with E-state index in [0.717, 1.165) is 36.1 Å². The van der Waals surface area contributed by atoms with E-state index in [2.05, 4.69) is 32.0 Å². The lowest BCUT2D eigenvalue weighted by Gasteiger charge is -2.05. The van der Waals surface area contributed by atoms with Gasteiger partial charge in [-0.2, -0.15) is 0 Å². The Hall–Kier alpha value is -2.69. The molecule has 1 aliphatic carbocycles. The van der Waals surface area contributed by atoms with E-state index in [-0.39, 0.29) is 11.8 Å². The number of rotatable bonds is 6. The molecule has 5 heteroatoms. The summed E-state index contributed by atoms with van der Waals surface area (Å²) in [5, 5.41) is 3.07. The second kappa shape index (κ2) is 6.67. The Balaban J connectivity index is 1.26. The minimum Gasteiger partial charge on any atom is -0.356 e. The van der Waals surface area contributed by atoms with Crippen molar-refractivity contribution in [2.75, 3.05) is 6.54 Å². The standard InChI is InChI=1S/C20H22N4O/c1-24-18-8-3-2-7-17(18)23-19(24)9-5-11-22-20(25)16-12-15(16)14-6-4-10-21-13-14/h2-4,6-8,10,13,15-16H,5,9,11-12H2,1H3,(H,22,25)/t15-,16+/m0/s1. The third-order valence-electron chi connectivity index (χ3n) is 5.00. The van der Waals surface area contributed by atoms with Gasteiger partial charge in [0.25, 0.3) is 0 Å². The van der Waals surface area contributed by atoms with Gasteiger partial charge in [-0.1, -0.05) is 18.2 Å². The zero-order valence-corrected chi connectivity index (χ0v) is 14.4. The molecule has 1 amide bonds. The van der Waals surface area contributed by atoms with Crippen LogP contribution >= 0.6 is 0 Å². The molecular weight excluding hydrogens is 312 g/mol. The number of amides is 1. The van der Waals surface area contributed by atoms with Crippen LogP contribution in [-0.2, 0) is 18.3 Å². The van der Waals surface area contributed by atoms with E-state index >= 15 is 0 Å². The molecule has 25 heavy (non-hydrogen) atoms. The van der Waals surface area contributed by atoms with E-state index in [1.165, 1.54) is 5.56 Å². The van der Waals surface area contributed by atoms with E-state index in [1.807, 2.05) is 37.5 Å². The van der Waals surface area contributed by atoms with Crippen molar-refractivity contribution in [1.29, 1.82) is 0 Å². The lowest BCUT2D eigenvalue weighted by atomic mass is 10.1. The highest BCUT2D eigenvalue weighted by atomic mass is 16.2. The van der Waals surface area contributed by atoms with Crippen molar-refractivity contribution in [1.82, 2.24) is 19.9 Å². The maximum atomic E-state index is 12.3. The molecule has 128 valence electrons. The topological polar surface area (TPSA) is 59.8 Å². The van der Waals surface area contributed by atoms with E-state index in [9.17, 15) is 4.79 Å². The van der Waals surface area contributed by atoms with Gasteiger partial charge in [0.1, 0.15) is 5.82 Å². The van der Waals surface area contributed by atoms with Crippen molar-refractivity contribution in [3.63, 3.8) is 0 Å². The molecule has 2 aromatic heterocycles. The summed E-state index contributed by atoms with van der Waals surface area (Å²) in [6, 6.07) is 12.1. The SMILES string of the molecule is Cn1c(CCCNC(=O)[C@@H]2C[C@H]2c2cccnc2)nc2ccccc21. The Kier molecular flexibility index (Phi) is 4.22. The van der Waals surface area contributed by atoms with Gasteiger partial charge in [-0.15, -0.1) is 0 Å². The fraction of sp³-hybridized carbons (Fsp3) is 0.350. The minimum atomic E-state index is 0.111. The van der Waals surface area contributed by atoms with Gasteiger partial charge in [-0.3, -0.25) is 9.78 Å². The van der Waals surface area contributed by atoms with E-state index in [0.29, 0.717) is 12.5 Å². The molecule has 2 heterocycles. The predicted molar refractivity (Wildman–Crippen MR) is 97.1 cm³/mol. The lowest BCUT2D eigenvalue weighted by molar-refractivity contribution is -0.122. The monoisotopic (exact) mass is 334 g/mol. The summed E-state index contributed by atoms with van der Waals surface area (Å²) in [5.74, 6) is 1.68. The Morgan fingerprint density at radius 2 is 2.16 bits per heavy atom. The van der Waals surface area contributed by atoms with E-state index in [4.69, 9.17) is 0 Å². The van der Waals surface area contributed by atoms with Gasteiger partial charge < -0.3 is 9.88 Å². The quantitative estimate of drug-likeness (QED) is 0.705. The van der Waals surface area contributed by atoms with Crippen LogP contribution in [0.1, 0.15) is 30.1 Å². The van der Waals surface area contributed by atoms with Crippen molar-refractivity contribution in [2.45, 2.75) is 25.2 Å². The molecule has 0 saturated heterocycles. The Bertz CT molecular complexity index is 887. The molecule has 0 aliphatic heterocycles. The number of hydrogen-bond donors (Lipinski definition) is 1. The van der Waals surface area contributed by atoms with Crippen LogP contribution in [0.2, 0.25) is 0 Å². The first-order valence-corrected chi connectivity index (χ1v) is 8.82. The van der Waals surface area contributed by atoms with Crippen molar-refractivity contribution in [3.8, 4) is 0 Å². The molecule has 0 bridgehead atoms. The van der Waals surface area contributed by atoms with Crippen LogP contribution in [-0.4, -0.2) is 27.0 Å². The number of imidazole rings is 1. The first-order chi connectivity index (χ1) is 12.2. The van der Waals surface area contributed by atoms with Crippen molar-refractivity contribution >= 4 is 16.9 Å². The van der Waals surface area contributed by atoms with Crippen molar-refractivity contribution in [3.05, 3.63) is 60.2 Å². The van der Waals surface area contributed by atoms with Crippen LogP contribution in [0.25, 0.3) is 11.0 Å². The summed E-state index contributed by atoms with van der Waals surface area (Å²) < 4.78 is 2.14. The number of fused-ring (bicyclic) bond motifs is 1. The van der Waals surface area contributed by atoms with Gasteiger partial charge in [0.05, 0.1) is 11.0 Å². The van der Waals surface area contributed by atoms with E-state index in [1.54, 1.807) is 6.20 Å². The predicted octanol–water partition coefficient (Wildman–Crippen LogP) is 2.82. The third kappa shape index (κ3) is 3.27. The molecule has 1 fully saturated rings. The summed E-state index contributed by atoms with van der Waals surface area (Å²) in [4.78, 5) is 21.1. The molecule has 3 aromatic rings. The molecule has 1 saturated carbocycles. The lowest BCUT2D eigenvalue weighted by Crippen LogP contribution is -2.26. The molecule has 4 rings (SSSR count). The molecule has 1 aliphatic rings. The zero-order valence-electron chi connectivity index (χ0n) is 14.4. The number of pyridine rings is 1. The normalized spacial score (nSPS) is 19.1. The Labute approximate surface area is 147 Å². The number of nitrogens with one attached hydrogen (secondary N) is 1. The number of carbonyl (C=O) groups excluding carboxylic acids is 1. The number of aromatic nitrogens is 3. The highest BCUT2D eigenvalue weighted by molar-refractivity contribution is 5.82. The van der Waals surface area contributed by atoms with Gasteiger partial charge >= 0.3 is 0 Å². The molecule has 5 nitrogen and oxygen atoms in total. The number of aryl methyl sites for hydroxylation is 2. The Morgan fingerprint density at radius 1 is 1.28 bits per heavy atom. The number of benzene rings is 1. The fourth-order valence-corrected chi connectivity index (χ4v) is 3.46. The molecule has 0 unspecified atom stereocenters. The zero-order chi connectivity index (χ0) is 17.2. The summed E-state index contributed by atoms with van der Waals surface area (Å²) in [6.07, 6.45) is 6.32. The average molecular weight is 334 g/mol. The average Bonchev–Trinajstić information content (AvgIpc) is 3.39. The number of para-hydroxylation sites is 2. The van der Waals surface area contributed by atoms with Crippen LogP contribution in [0.4, 0.5) is 0 Å². The Morgan fingerprint density at radius 3 is 2.96 bits per heavy atom. The van der Waals surface area contributed by atoms with E-state index < -0.39 is 0 Å². The fourth-order valence-electron chi connectivity index (χ4n) is 3.46. The van der Waals surface area contributed by atoms with Crippen molar-refractivity contribution in [2.24, 2.45) is 13.0 Å². The molecule has 2 atom stereocenters. The summed E-state index contributed by atoms with van der Waals surface area (Å²) in [6.45, 7) is 0.693. The molecule has 0 radical (unpaired) electrons. The van der Waals surface area contributed by atoms with Gasteiger partial charge in [0.15, 0.2) is 0 Å². The van der Waals surface area contributed by atoms with Gasteiger partial charge in [0, 0.05) is 38.3 Å². The second-order valence-corrected chi connectivity index (χ2v) is 6.71. The van der Waals surface area contributed by atoms with Gasteiger partial charge in [-0.05, 0) is 42.5 Å². The number of carbonyl (C=O) groups is 1. The van der Waals surface area contributed by atoms with Crippen LogP contribution in [0.3, 0.4) is 0 Å². The summed E-state index contributed by atoms with van der Waals surface area (Å²) >= 11 is 0. The number of nitrogens with zero attached hydrogens (tertiary/aromatic N) is 3. The van der Waals surface area contributed by atoms with Crippen LogP contribution in [0, 0.1) is 5.92 Å². The third-order valence-corrected chi connectivity index (χ3v) is 5.00. The minimum absolute atomic E-state index is 0.111. The molecule has 1 aromatic carbocycles. The maximum absolute atomic E-state index is 12.3. The van der Waals surface area contributed by atoms with Gasteiger partial charge in [-0.25, -0.2) is 4.98 Å². The summed E-state index contributed by atoms with van der Waals surface area (Å²) in [7, 11) is 2.05. The highest BCUT2D eigenvalue weighted by Gasteiger charge is 2.43. The highest BCUT2D eigenvalue weighted by Crippen LogP contribution is 2.47. The largest absolute Gasteiger partial charge is 0.356 e. The second-order valence-electron chi connectivity index (χ2n) is 6.71. The molecular formula is C20H22N4O. The first kappa shape index (κ1) is 15.8. The first-order valence-electron chi connectivity index (χ1n) is 8.82.